The molecule has 0 saturated carbocycles. The number of hydrogen-bond acceptors (Lipinski definition) is 5. The van der Waals surface area contributed by atoms with Gasteiger partial charge in [0, 0.05) is 31.7 Å². The van der Waals surface area contributed by atoms with E-state index in [1.165, 1.54) is 12.8 Å². The van der Waals surface area contributed by atoms with Crippen molar-refractivity contribution >= 4 is 5.82 Å². The lowest BCUT2D eigenvalue weighted by Crippen LogP contribution is -2.45. The highest BCUT2D eigenvalue weighted by molar-refractivity contribution is 5.43. The third kappa shape index (κ3) is 2.14. The first-order valence-electron chi connectivity index (χ1n) is 6.80. The van der Waals surface area contributed by atoms with Crippen molar-refractivity contribution in [3.8, 4) is 5.88 Å². The second-order valence-electron chi connectivity index (χ2n) is 4.97. The molecule has 2 aliphatic rings. The number of anilines is 1. The standard InChI is InChI=1S/C13H20N4O/c1-2-18-13-6-12(15-9-16-13)17-5-3-4-10-7-14-8-11(10)17/h6,9-11,14H,2-5,7-8H2,1H3. The van der Waals surface area contributed by atoms with E-state index in [-0.39, 0.29) is 0 Å². The number of rotatable bonds is 3. The lowest BCUT2D eigenvalue weighted by atomic mass is 9.92. The van der Waals surface area contributed by atoms with Crippen LogP contribution in [0, 0.1) is 5.92 Å². The molecule has 0 radical (unpaired) electrons. The predicted octanol–water partition coefficient (Wildman–Crippen LogP) is 1.06. The lowest BCUT2D eigenvalue weighted by Gasteiger charge is -2.37. The summed E-state index contributed by atoms with van der Waals surface area (Å²) in [6.07, 6.45) is 4.18. The molecule has 1 N–H and O–H groups in total. The molecule has 3 rings (SSSR count). The summed E-state index contributed by atoms with van der Waals surface area (Å²) in [5, 5.41) is 3.49. The summed E-state index contributed by atoms with van der Waals surface area (Å²) in [5.41, 5.74) is 0. The molecule has 98 valence electrons. The summed E-state index contributed by atoms with van der Waals surface area (Å²) < 4.78 is 5.46. The first-order valence-corrected chi connectivity index (χ1v) is 6.80. The Balaban J connectivity index is 1.82. The van der Waals surface area contributed by atoms with Gasteiger partial charge in [0.05, 0.1) is 6.61 Å². The Morgan fingerprint density at radius 1 is 1.44 bits per heavy atom. The van der Waals surface area contributed by atoms with Gasteiger partial charge in [-0.1, -0.05) is 0 Å². The van der Waals surface area contributed by atoms with Gasteiger partial charge in [0.25, 0.3) is 0 Å². The molecule has 3 heterocycles. The average Bonchev–Trinajstić information content (AvgIpc) is 2.87. The first-order chi connectivity index (χ1) is 8.88. The van der Waals surface area contributed by atoms with Crippen LogP contribution in [0.1, 0.15) is 19.8 Å². The zero-order valence-electron chi connectivity index (χ0n) is 10.8. The van der Waals surface area contributed by atoms with Gasteiger partial charge >= 0.3 is 0 Å². The van der Waals surface area contributed by atoms with Crippen LogP contribution in [0.25, 0.3) is 0 Å². The summed E-state index contributed by atoms with van der Waals surface area (Å²) >= 11 is 0. The summed E-state index contributed by atoms with van der Waals surface area (Å²) in [5.74, 6) is 2.45. The van der Waals surface area contributed by atoms with E-state index < -0.39 is 0 Å². The molecular formula is C13H20N4O. The highest BCUT2D eigenvalue weighted by atomic mass is 16.5. The topological polar surface area (TPSA) is 50.3 Å². The van der Waals surface area contributed by atoms with Gasteiger partial charge in [0.2, 0.25) is 5.88 Å². The molecule has 18 heavy (non-hydrogen) atoms. The maximum absolute atomic E-state index is 5.46. The van der Waals surface area contributed by atoms with Gasteiger partial charge in [-0.05, 0) is 25.7 Å². The smallest absolute Gasteiger partial charge is 0.218 e. The van der Waals surface area contributed by atoms with E-state index >= 15 is 0 Å². The second-order valence-corrected chi connectivity index (χ2v) is 4.97. The van der Waals surface area contributed by atoms with Crippen LogP contribution < -0.4 is 15.0 Å². The maximum atomic E-state index is 5.46. The van der Waals surface area contributed by atoms with E-state index in [4.69, 9.17) is 4.74 Å². The summed E-state index contributed by atoms with van der Waals surface area (Å²) in [6.45, 7) is 5.91. The van der Waals surface area contributed by atoms with Crippen LogP contribution >= 0.6 is 0 Å². The Kier molecular flexibility index (Phi) is 3.32. The number of nitrogens with zero attached hydrogens (tertiary/aromatic N) is 3. The van der Waals surface area contributed by atoms with Crippen molar-refractivity contribution < 1.29 is 4.74 Å². The minimum absolute atomic E-state index is 0.586. The Hall–Kier alpha value is -1.36. The fourth-order valence-electron chi connectivity index (χ4n) is 3.07. The number of ether oxygens (including phenoxy) is 1. The van der Waals surface area contributed by atoms with Gasteiger partial charge in [-0.25, -0.2) is 9.97 Å². The van der Waals surface area contributed by atoms with Crippen LogP contribution in [0.5, 0.6) is 5.88 Å². The zero-order valence-corrected chi connectivity index (χ0v) is 10.8. The highest BCUT2D eigenvalue weighted by Crippen LogP contribution is 2.30. The van der Waals surface area contributed by atoms with Crippen molar-refractivity contribution in [2.75, 3.05) is 31.1 Å². The Bertz CT molecular complexity index is 412. The zero-order chi connectivity index (χ0) is 12.4. The minimum Gasteiger partial charge on any atom is -0.478 e. The van der Waals surface area contributed by atoms with Crippen molar-refractivity contribution in [2.45, 2.75) is 25.8 Å². The first kappa shape index (κ1) is 11.7. The predicted molar refractivity (Wildman–Crippen MR) is 69.9 cm³/mol. The maximum Gasteiger partial charge on any atom is 0.218 e. The SMILES string of the molecule is CCOc1cc(N2CCCC3CNCC32)ncn1. The number of nitrogens with one attached hydrogen (secondary N) is 1. The van der Waals surface area contributed by atoms with E-state index in [0.717, 1.165) is 31.4 Å². The quantitative estimate of drug-likeness (QED) is 0.867. The highest BCUT2D eigenvalue weighted by Gasteiger charge is 2.35. The van der Waals surface area contributed by atoms with Gasteiger partial charge in [0.1, 0.15) is 12.1 Å². The molecule has 2 unspecified atom stereocenters. The molecule has 2 fully saturated rings. The second kappa shape index (κ2) is 5.10. The molecule has 0 aromatic carbocycles. The third-order valence-corrected chi connectivity index (χ3v) is 3.89. The van der Waals surface area contributed by atoms with Crippen LogP contribution in [0.2, 0.25) is 0 Å². The average molecular weight is 248 g/mol. The lowest BCUT2D eigenvalue weighted by molar-refractivity contribution is 0.325. The van der Waals surface area contributed by atoms with Crippen molar-refractivity contribution in [2.24, 2.45) is 5.92 Å². The fraction of sp³-hybridized carbons (Fsp3) is 0.692. The minimum atomic E-state index is 0.586. The largest absolute Gasteiger partial charge is 0.478 e. The van der Waals surface area contributed by atoms with Gasteiger partial charge in [0.15, 0.2) is 0 Å². The molecule has 0 aliphatic carbocycles. The molecular weight excluding hydrogens is 228 g/mol. The van der Waals surface area contributed by atoms with Gasteiger partial charge < -0.3 is 15.0 Å². The van der Waals surface area contributed by atoms with Crippen molar-refractivity contribution in [3.05, 3.63) is 12.4 Å². The van der Waals surface area contributed by atoms with Crippen LogP contribution in [0.3, 0.4) is 0 Å². The molecule has 5 heteroatoms. The van der Waals surface area contributed by atoms with E-state index in [2.05, 4.69) is 20.2 Å². The van der Waals surface area contributed by atoms with Crippen LogP contribution in [0.15, 0.2) is 12.4 Å². The van der Waals surface area contributed by atoms with Crippen molar-refractivity contribution in [1.29, 1.82) is 0 Å². The Morgan fingerprint density at radius 3 is 3.28 bits per heavy atom. The van der Waals surface area contributed by atoms with E-state index in [9.17, 15) is 0 Å². The third-order valence-electron chi connectivity index (χ3n) is 3.89. The number of hydrogen-bond donors (Lipinski definition) is 1. The monoisotopic (exact) mass is 248 g/mol. The molecule has 5 nitrogen and oxygen atoms in total. The van der Waals surface area contributed by atoms with Crippen molar-refractivity contribution in [1.82, 2.24) is 15.3 Å². The van der Waals surface area contributed by atoms with E-state index in [0.29, 0.717) is 18.5 Å². The molecule has 2 saturated heterocycles. The van der Waals surface area contributed by atoms with Gasteiger partial charge in [-0.3, -0.25) is 0 Å². The van der Waals surface area contributed by atoms with E-state index in [1.807, 2.05) is 13.0 Å². The van der Waals surface area contributed by atoms with E-state index in [1.54, 1.807) is 6.33 Å². The van der Waals surface area contributed by atoms with Crippen molar-refractivity contribution in [3.63, 3.8) is 0 Å². The number of aromatic nitrogens is 2. The van der Waals surface area contributed by atoms with Crippen LogP contribution in [-0.4, -0.2) is 42.3 Å². The number of piperidine rings is 1. The Morgan fingerprint density at radius 2 is 2.39 bits per heavy atom. The van der Waals surface area contributed by atoms with Gasteiger partial charge in [-0.15, -0.1) is 0 Å². The van der Waals surface area contributed by atoms with Crippen LogP contribution in [0.4, 0.5) is 5.82 Å². The molecule has 1 aromatic rings. The van der Waals surface area contributed by atoms with Gasteiger partial charge in [-0.2, -0.15) is 0 Å². The summed E-state index contributed by atoms with van der Waals surface area (Å²) in [4.78, 5) is 11.0. The molecule has 2 atom stereocenters. The molecule has 0 amide bonds. The normalized spacial score (nSPS) is 27.1. The number of fused-ring (bicyclic) bond motifs is 1. The Labute approximate surface area is 108 Å². The summed E-state index contributed by atoms with van der Waals surface area (Å²) in [7, 11) is 0. The summed E-state index contributed by atoms with van der Waals surface area (Å²) in [6, 6.07) is 2.55. The molecule has 0 bridgehead atoms. The fourth-order valence-corrected chi connectivity index (χ4v) is 3.07. The molecule has 0 spiro atoms. The molecule has 1 aromatic heterocycles. The molecule has 2 aliphatic heterocycles. The van der Waals surface area contributed by atoms with Crippen LogP contribution in [-0.2, 0) is 0 Å².